The van der Waals surface area contributed by atoms with E-state index < -0.39 is 0 Å². The fraction of sp³-hybridized carbons (Fsp3) is 0.174. The maximum Gasteiger partial charge on any atom is 0.166 e. The molecule has 0 unspecified atom stereocenters. The standard InChI is InChI=1S/C23H23NO2/c1-2-9-21(25)20-16-19(24)14-15-22(20)26-23(17-10-5-3-6-11-17)18-12-7-4-8-13-18/h3-8,10-16,23H,2,9,24H2,1H3. The number of hydrogen-bond acceptors (Lipinski definition) is 3. The Bertz CT molecular complexity index is 820. The van der Waals surface area contributed by atoms with E-state index in [9.17, 15) is 4.79 Å². The van der Waals surface area contributed by atoms with Crippen molar-refractivity contribution in [2.45, 2.75) is 25.9 Å². The van der Waals surface area contributed by atoms with Crippen LogP contribution in [0.2, 0.25) is 0 Å². The van der Waals surface area contributed by atoms with Crippen LogP contribution in [0.1, 0.15) is 47.4 Å². The fourth-order valence-corrected chi connectivity index (χ4v) is 2.94. The van der Waals surface area contributed by atoms with E-state index in [1.165, 1.54) is 0 Å². The Morgan fingerprint density at radius 3 is 2.04 bits per heavy atom. The van der Waals surface area contributed by atoms with Crippen molar-refractivity contribution in [3.05, 3.63) is 95.6 Å². The molecule has 0 fully saturated rings. The number of rotatable bonds is 7. The number of Topliss-reactive ketones (excluding diaryl/α,β-unsaturated/α-hetero) is 1. The second-order valence-electron chi connectivity index (χ2n) is 6.25. The number of carbonyl (C=O) groups is 1. The number of nitrogen functional groups attached to an aromatic ring is 1. The zero-order chi connectivity index (χ0) is 18.4. The van der Waals surface area contributed by atoms with Gasteiger partial charge in [0.25, 0.3) is 0 Å². The van der Waals surface area contributed by atoms with Crippen molar-refractivity contribution >= 4 is 11.5 Å². The lowest BCUT2D eigenvalue weighted by atomic mass is 10.0. The van der Waals surface area contributed by atoms with Gasteiger partial charge in [-0.25, -0.2) is 0 Å². The molecule has 0 spiro atoms. The van der Waals surface area contributed by atoms with E-state index in [0.29, 0.717) is 23.4 Å². The van der Waals surface area contributed by atoms with Crippen LogP contribution in [0.15, 0.2) is 78.9 Å². The molecular formula is C23H23NO2. The molecule has 132 valence electrons. The molecule has 3 aromatic rings. The van der Waals surface area contributed by atoms with Crippen molar-refractivity contribution in [1.82, 2.24) is 0 Å². The second kappa shape index (κ2) is 8.34. The Labute approximate surface area is 154 Å². The Morgan fingerprint density at radius 1 is 0.923 bits per heavy atom. The summed E-state index contributed by atoms with van der Waals surface area (Å²) < 4.78 is 6.36. The van der Waals surface area contributed by atoms with Gasteiger partial charge in [0.2, 0.25) is 0 Å². The zero-order valence-electron chi connectivity index (χ0n) is 14.9. The van der Waals surface area contributed by atoms with Gasteiger partial charge in [0, 0.05) is 12.1 Å². The third-order valence-corrected chi connectivity index (χ3v) is 4.23. The van der Waals surface area contributed by atoms with Crippen molar-refractivity contribution < 1.29 is 9.53 Å². The highest BCUT2D eigenvalue weighted by Gasteiger charge is 2.20. The molecule has 2 N–H and O–H groups in total. The molecule has 0 saturated carbocycles. The summed E-state index contributed by atoms with van der Waals surface area (Å²) in [4.78, 5) is 12.5. The van der Waals surface area contributed by atoms with Gasteiger partial charge >= 0.3 is 0 Å². The van der Waals surface area contributed by atoms with E-state index in [0.717, 1.165) is 17.5 Å². The lowest BCUT2D eigenvalue weighted by Crippen LogP contribution is -2.12. The van der Waals surface area contributed by atoms with Gasteiger partial charge in [0.1, 0.15) is 11.9 Å². The Morgan fingerprint density at radius 2 is 1.50 bits per heavy atom. The largest absolute Gasteiger partial charge is 0.480 e. The highest BCUT2D eigenvalue weighted by Crippen LogP contribution is 2.32. The minimum Gasteiger partial charge on any atom is -0.480 e. The molecule has 0 aliphatic rings. The molecule has 0 atom stereocenters. The summed E-state index contributed by atoms with van der Waals surface area (Å²) in [7, 11) is 0. The van der Waals surface area contributed by atoms with Gasteiger partial charge in [0.05, 0.1) is 5.56 Å². The summed E-state index contributed by atoms with van der Waals surface area (Å²) in [6.07, 6.45) is 0.962. The molecule has 26 heavy (non-hydrogen) atoms. The van der Waals surface area contributed by atoms with Crippen LogP contribution < -0.4 is 10.5 Å². The average molecular weight is 345 g/mol. The van der Waals surface area contributed by atoms with Crippen LogP contribution in [0.3, 0.4) is 0 Å². The van der Waals surface area contributed by atoms with Gasteiger partial charge in [0.15, 0.2) is 5.78 Å². The minimum absolute atomic E-state index is 0.0506. The highest BCUT2D eigenvalue weighted by atomic mass is 16.5. The molecular weight excluding hydrogens is 322 g/mol. The molecule has 0 amide bonds. The van der Waals surface area contributed by atoms with Crippen molar-refractivity contribution in [3.63, 3.8) is 0 Å². The number of hydrogen-bond donors (Lipinski definition) is 1. The van der Waals surface area contributed by atoms with Crippen molar-refractivity contribution in [2.24, 2.45) is 0 Å². The van der Waals surface area contributed by atoms with E-state index in [-0.39, 0.29) is 11.9 Å². The predicted molar refractivity (Wildman–Crippen MR) is 105 cm³/mol. The minimum atomic E-state index is -0.297. The number of ether oxygens (including phenoxy) is 1. The first kappa shape index (κ1) is 17.7. The van der Waals surface area contributed by atoms with Crippen molar-refractivity contribution in [1.29, 1.82) is 0 Å². The van der Waals surface area contributed by atoms with E-state index in [1.807, 2.05) is 67.6 Å². The zero-order valence-corrected chi connectivity index (χ0v) is 14.9. The van der Waals surface area contributed by atoms with Crippen LogP contribution >= 0.6 is 0 Å². The van der Waals surface area contributed by atoms with Crippen LogP contribution in [0.25, 0.3) is 0 Å². The number of anilines is 1. The first-order chi connectivity index (χ1) is 12.7. The third-order valence-electron chi connectivity index (χ3n) is 4.23. The molecule has 3 rings (SSSR count). The molecule has 0 saturated heterocycles. The van der Waals surface area contributed by atoms with Crippen molar-refractivity contribution in [3.8, 4) is 5.75 Å². The van der Waals surface area contributed by atoms with Crippen LogP contribution in [0, 0.1) is 0 Å². The highest BCUT2D eigenvalue weighted by molar-refractivity contribution is 5.99. The molecule has 0 heterocycles. The molecule has 0 aromatic heterocycles. The van der Waals surface area contributed by atoms with Gasteiger partial charge in [-0.3, -0.25) is 4.79 Å². The first-order valence-corrected chi connectivity index (χ1v) is 8.88. The van der Waals surface area contributed by atoms with E-state index in [2.05, 4.69) is 0 Å². The first-order valence-electron chi connectivity index (χ1n) is 8.88. The molecule has 0 bridgehead atoms. The summed E-state index contributed by atoms with van der Waals surface area (Å²) >= 11 is 0. The molecule has 3 aromatic carbocycles. The number of benzene rings is 3. The van der Waals surface area contributed by atoms with Gasteiger partial charge in [-0.05, 0) is 35.7 Å². The number of ketones is 1. The Kier molecular flexibility index (Phi) is 5.69. The van der Waals surface area contributed by atoms with Gasteiger partial charge in [-0.1, -0.05) is 67.6 Å². The maximum absolute atomic E-state index is 12.5. The lowest BCUT2D eigenvalue weighted by Gasteiger charge is -2.22. The summed E-state index contributed by atoms with van der Waals surface area (Å²) in [6, 6.07) is 25.3. The second-order valence-corrected chi connectivity index (χ2v) is 6.25. The lowest BCUT2D eigenvalue weighted by molar-refractivity contribution is 0.0976. The summed E-state index contributed by atoms with van der Waals surface area (Å²) in [6.45, 7) is 1.99. The summed E-state index contributed by atoms with van der Waals surface area (Å²) in [5.74, 6) is 0.616. The van der Waals surface area contributed by atoms with Crippen LogP contribution in [-0.4, -0.2) is 5.78 Å². The SMILES string of the molecule is CCCC(=O)c1cc(N)ccc1OC(c1ccccc1)c1ccccc1. The van der Waals surface area contributed by atoms with Gasteiger partial charge in [-0.15, -0.1) is 0 Å². The van der Waals surface area contributed by atoms with E-state index in [1.54, 1.807) is 18.2 Å². The number of nitrogens with two attached hydrogens (primary N) is 1. The Hall–Kier alpha value is -3.07. The van der Waals surface area contributed by atoms with E-state index >= 15 is 0 Å². The van der Waals surface area contributed by atoms with Crippen LogP contribution in [0.4, 0.5) is 5.69 Å². The Balaban J connectivity index is 2.01. The van der Waals surface area contributed by atoms with Crippen molar-refractivity contribution in [2.75, 3.05) is 5.73 Å². The topological polar surface area (TPSA) is 52.3 Å². The third kappa shape index (κ3) is 4.12. The smallest absolute Gasteiger partial charge is 0.166 e. The normalized spacial score (nSPS) is 10.7. The number of carbonyl (C=O) groups excluding carboxylic acids is 1. The molecule has 0 aliphatic carbocycles. The molecule has 0 aliphatic heterocycles. The predicted octanol–water partition coefficient (Wildman–Crippen LogP) is 5.42. The van der Waals surface area contributed by atoms with Crippen LogP contribution in [0.5, 0.6) is 5.75 Å². The fourth-order valence-electron chi connectivity index (χ4n) is 2.94. The van der Waals surface area contributed by atoms with Gasteiger partial charge < -0.3 is 10.5 Å². The van der Waals surface area contributed by atoms with Gasteiger partial charge in [-0.2, -0.15) is 0 Å². The monoisotopic (exact) mass is 345 g/mol. The molecule has 0 radical (unpaired) electrons. The maximum atomic E-state index is 12.5. The molecule has 3 nitrogen and oxygen atoms in total. The summed E-state index contributed by atoms with van der Waals surface area (Å²) in [5.41, 5.74) is 9.08. The van der Waals surface area contributed by atoms with E-state index in [4.69, 9.17) is 10.5 Å². The quantitative estimate of drug-likeness (QED) is 0.459. The summed E-state index contributed by atoms with van der Waals surface area (Å²) in [5, 5.41) is 0. The molecule has 3 heteroatoms. The average Bonchev–Trinajstić information content (AvgIpc) is 2.68. The van der Waals surface area contributed by atoms with Crippen LogP contribution in [-0.2, 0) is 0 Å².